The van der Waals surface area contributed by atoms with E-state index < -0.39 is 12.1 Å². The van der Waals surface area contributed by atoms with E-state index in [9.17, 15) is 9.90 Å². The molecule has 8 nitrogen and oxygen atoms in total. The Morgan fingerprint density at radius 2 is 2.12 bits per heavy atom. The minimum Gasteiger partial charge on any atom is -0.478 e. The third-order valence-electron chi connectivity index (χ3n) is 4.11. The number of carbonyl (C=O) groups is 1. The van der Waals surface area contributed by atoms with Crippen LogP contribution >= 0.6 is 0 Å². The first kappa shape index (κ1) is 17.1. The standard InChI is InChI=1S/C17H21N5O3/c18-15-4-5-19-17(20-15)22-7-6-21(10-14(23)11-22)9-12-2-1-3-13(8-12)16(24)25/h1-5,8,14,23H,6-7,9-11H2,(H,24,25)(H2,18,19,20)/t14-/m0/s1. The van der Waals surface area contributed by atoms with Gasteiger partial charge in [0.05, 0.1) is 11.7 Å². The summed E-state index contributed by atoms with van der Waals surface area (Å²) in [4.78, 5) is 23.5. The number of anilines is 2. The molecule has 1 aliphatic rings. The molecule has 1 aliphatic heterocycles. The number of nitrogens with zero attached hydrogens (tertiary/aromatic N) is 4. The normalized spacial score (nSPS) is 18.8. The molecule has 0 aliphatic carbocycles. The molecule has 0 saturated carbocycles. The maximum absolute atomic E-state index is 11.1. The molecule has 0 radical (unpaired) electrons. The predicted octanol–water partition coefficient (Wildman–Crippen LogP) is 0.440. The first-order chi connectivity index (χ1) is 12.0. The molecule has 0 spiro atoms. The van der Waals surface area contributed by atoms with Crippen molar-refractivity contribution < 1.29 is 15.0 Å². The highest BCUT2D eigenvalue weighted by Crippen LogP contribution is 2.15. The fourth-order valence-electron chi connectivity index (χ4n) is 2.96. The highest BCUT2D eigenvalue weighted by molar-refractivity contribution is 5.87. The third kappa shape index (κ3) is 4.43. The lowest BCUT2D eigenvalue weighted by atomic mass is 10.1. The lowest BCUT2D eigenvalue weighted by Crippen LogP contribution is -2.34. The Morgan fingerprint density at radius 1 is 1.28 bits per heavy atom. The van der Waals surface area contributed by atoms with E-state index in [2.05, 4.69) is 14.9 Å². The number of hydrogen-bond acceptors (Lipinski definition) is 7. The predicted molar refractivity (Wildman–Crippen MR) is 93.3 cm³/mol. The minimum absolute atomic E-state index is 0.266. The van der Waals surface area contributed by atoms with E-state index in [1.807, 2.05) is 11.0 Å². The molecule has 2 heterocycles. The van der Waals surface area contributed by atoms with Crippen LogP contribution < -0.4 is 10.6 Å². The van der Waals surface area contributed by atoms with Crippen LogP contribution in [0, 0.1) is 0 Å². The van der Waals surface area contributed by atoms with E-state index in [-0.39, 0.29) is 5.56 Å². The monoisotopic (exact) mass is 343 g/mol. The van der Waals surface area contributed by atoms with Gasteiger partial charge in [-0.2, -0.15) is 4.98 Å². The summed E-state index contributed by atoms with van der Waals surface area (Å²) < 4.78 is 0. The van der Waals surface area contributed by atoms with Crippen molar-refractivity contribution in [2.24, 2.45) is 0 Å². The van der Waals surface area contributed by atoms with Crippen LogP contribution in [0.2, 0.25) is 0 Å². The molecule has 1 aromatic heterocycles. The van der Waals surface area contributed by atoms with E-state index in [1.54, 1.807) is 30.5 Å². The summed E-state index contributed by atoms with van der Waals surface area (Å²) in [5, 5.41) is 19.4. The number of rotatable bonds is 4. The van der Waals surface area contributed by atoms with Gasteiger partial charge in [0, 0.05) is 38.9 Å². The number of benzene rings is 1. The summed E-state index contributed by atoms with van der Waals surface area (Å²) in [6.07, 6.45) is 1.04. The Bertz CT molecular complexity index is 755. The second-order valence-electron chi connectivity index (χ2n) is 6.12. The van der Waals surface area contributed by atoms with Crippen LogP contribution in [0.15, 0.2) is 36.5 Å². The molecule has 0 unspecified atom stereocenters. The first-order valence-electron chi connectivity index (χ1n) is 8.07. The Morgan fingerprint density at radius 3 is 2.88 bits per heavy atom. The van der Waals surface area contributed by atoms with E-state index in [0.29, 0.717) is 44.5 Å². The van der Waals surface area contributed by atoms with Gasteiger partial charge in [-0.05, 0) is 23.8 Å². The summed E-state index contributed by atoms with van der Waals surface area (Å²) in [6.45, 7) is 2.85. The van der Waals surface area contributed by atoms with Crippen molar-refractivity contribution in [2.45, 2.75) is 12.6 Å². The van der Waals surface area contributed by atoms with Crippen molar-refractivity contribution in [1.82, 2.24) is 14.9 Å². The van der Waals surface area contributed by atoms with E-state index in [0.717, 1.165) is 5.56 Å². The Kier molecular flexibility index (Phi) is 5.11. The zero-order valence-corrected chi connectivity index (χ0v) is 13.7. The molecule has 1 aromatic carbocycles. The van der Waals surface area contributed by atoms with Gasteiger partial charge in [-0.1, -0.05) is 12.1 Å². The molecule has 25 heavy (non-hydrogen) atoms. The van der Waals surface area contributed by atoms with E-state index in [1.165, 1.54) is 0 Å². The van der Waals surface area contributed by atoms with E-state index in [4.69, 9.17) is 10.8 Å². The number of nitrogen functional groups attached to an aromatic ring is 1. The molecule has 1 fully saturated rings. The molecule has 0 amide bonds. The number of carboxylic acid groups (broad SMARTS) is 1. The zero-order chi connectivity index (χ0) is 17.8. The second-order valence-corrected chi connectivity index (χ2v) is 6.12. The number of nitrogens with two attached hydrogens (primary N) is 1. The van der Waals surface area contributed by atoms with Crippen molar-refractivity contribution in [3.63, 3.8) is 0 Å². The topological polar surface area (TPSA) is 116 Å². The number of aliphatic hydroxyl groups excluding tert-OH is 1. The Labute approximate surface area is 145 Å². The summed E-state index contributed by atoms with van der Waals surface area (Å²) in [6, 6.07) is 8.49. The quantitative estimate of drug-likeness (QED) is 0.732. The minimum atomic E-state index is -0.942. The smallest absolute Gasteiger partial charge is 0.335 e. The Hall–Kier alpha value is -2.71. The van der Waals surface area contributed by atoms with Gasteiger partial charge in [-0.15, -0.1) is 0 Å². The fourth-order valence-corrected chi connectivity index (χ4v) is 2.96. The maximum Gasteiger partial charge on any atom is 0.335 e. The summed E-state index contributed by atoms with van der Waals surface area (Å²) in [7, 11) is 0. The van der Waals surface area contributed by atoms with Crippen molar-refractivity contribution in [1.29, 1.82) is 0 Å². The van der Waals surface area contributed by atoms with Crippen LogP contribution in [-0.2, 0) is 6.54 Å². The molecule has 0 bridgehead atoms. The molecule has 1 saturated heterocycles. The van der Waals surface area contributed by atoms with Gasteiger partial charge < -0.3 is 20.8 Å². The van der Waals surface area contributed by atoms with Crippen molar-refractivity contribution in [3.05, 3.63) is 47.7 Å². The molecule has 2 aromatic rings. The highest BCUT2D eigenvalue weighted by Gasteiger charge is 2.23. The second kappa shape index (κ2) is 7.45. The molecule has 132 valence electrons. The molecular formula is C17H21N5O3. The zero-order valence-electron chi connectivity index (χ0n) is 13.7. The maximum atomic E-state index is 11.1. The van der Waals surface area contributed by atoms with Gasteiger partial charge in [0.25, 0.3) is 0 Å². The number of β-amino-alcohol motifs (C(OH)–C–C–N with tert-alkyl or cyclic N) is 1. The highest BCUT2D eigenvalue weighted by atomic mass is 16.4. The summed E-state index contributed by atoms with van der Waals surface area (Å²) in [5.74, 6) is -0.0393. The van der Waals surface area contributed by atoms with Crippen LogP contribution in [0.4, 0.5) is 11.8 Å². The summed E-state index contributed by atoms with van der Waals surface area (Å²) in [5.41, 5.74) is 6.88. The molecule has 1 atom stereocenters. The van der Waals surface area contributed by atoms with Gasteiger partial charge >= 0.3 is 5.97 Å². The SMILES string of the molecule is Nc1ccnc(N2CCN(Cc3cccc(C(=O)O)c3)C[C@H](O)C2)n1. The van der Waals surface area contributed by atoms with E-state index >= 15 is 0 Å². The molecule has 4 N–H and O–H groups in total. The lowest BCUT2D eigenvalue weighted by Gasteiger charge is -2.21. The lowest BCUT2D eigenvalue weighted by molar-refractivity contribution is 0.0696. The molecular weight excluding hydrogens is 322 g/mol. The van der Waals surface area contributed by atoms with Crippen molar-refractivity contribution in [2.75, 3.05) is 36.8 Å². The average Bonchev–Trinajstić information content (AvgIpc) is 2.76. The number of carboxylic acids is 1. The van der Waals surface area contributed by atoms with Crippen LogP contribution in [-0.4, -0.2) is 63.3 Å². The summed E-state index contributed by atoms with van der Waals surface area (Å²) >= 11 is 0. The van der Waals surface area contributed by atoms with Gasteiger partial charge in [0.15, 0.2) is 0 Å². The van der Waals surface area contributed by atoms with Gasteiger partial charge in [0.2, 0.25) is 5.95 Å². The van der Waals surface area contributed by atoms with Gasteiger partial charge in [-0.25, -0.2) is 9.78 Å². The number of aliphatic hydroxyl groups is 1. The Balaban J connectivity index is 1.69. The van der Waals surface area contributed by atoms with Crippen molar-refractivity contribution >= 4 is 17.7 Å². The number of aromatic carboxylic acids is 1. The molecule has 3 rings (SSSR count). The fraction of sp³-hybridized carbons (Fsp3) is 0.353. The average molecular weight is 343 g/mol. The molecule has 8 heteroatoms. The van der Waals surface area contributed by atoms with Gasteiger partial charge in [0.1, 0.15) is 5.82 Å². The largest absolute Gasteiger partial charge is 0.478 e. The number of hydrogen-bond donors (Lipinski definition) is 3. The van der Waals surface area contributed by atoms with Crippen LogP contribution in [0.5, 0.6) is 0 Å². The number of aromatic nitrogens is 2. The van der Waals surface area contributed by atoms with Crippen LogP contribution in [0.25, 0.3) is 0 Å². The first-order valence-corrected chi connectivity index (χ1v) is 8.07. The van der Waals surface area contributed by atoms with Crippen LogP contribution in [0.3, 0.4) is 0 Å². The van der Waals surface area contributed by atoms with Crippen molar-refractivity contribution in [3.8, 4) is 0 Å². The van der Waals surface area contributed by atoms with Crippen LogP contribution in [0.1, 0.15) is 15.9 Å². The van der Waals surface area contributed by atoms with Gasteiger partial charge in [-0.3, -0.25) is 4.90 Å². The third-order valence-corrected chi connectivity index (χ3v) is 4.11.